The molecule has 4 heteroatoms. The Labute approximate surface area is 126 Å². The summed E-state index contributed by atoms with van der Waals surface area (Å²) in [7, 11) is 0. The van der Waals surface area contributed by atoms with Crippen LogP contribution >= 0.6 is 0 Å². The molecule has 1 amide bonds. The van der Waals surface area contributed by atoms with Gasteiger partial charge in [-0.25, -0.2) is 4.98 Å². The molecular weight excluding hydrogens is 262 g/mol. The van der Waals surface area contributed by atoms with Crippen molar-refractivity contribution in [2.24, 2.45) is 5.92 Å². The lowest BCUT2D eigenvalue weighted by Gasteiger charge is -2.22. The summed E-state index contributed by atoms with van der Waals surface area (Å²) < 4.78 is 0. The van der Waals surface area contributed by atoms with Crippen LogP contribution in [0.2, 0.25) is 0 Å². The molecule has 21 heavy (non-hydrogen) atoms. The van der Waals surface area contributed by atoms with Crippen LogP contribution in [0, 0.1) is 12.8 Å². The highest BCUT2D eigenvalue weighted by molar-refractivity contribution is 5.93. The first-order valence-corrected chi connectivity index (χ1v) is 8.27. The van der Waals surface area contributed by atoms with Crippen LogP contribution in [0.25, 0.3) is 0 Å². The van der Waals surface area contributed by atoms with Gasteiger partial charge in [0.2, 0.25) is 5.91 Å². The minimum Gasteiger partial charge on any atom is -0.357 e. The molecule has 2 fully saturated rings. The lowest BCUT2D eigenvalue weighted by atomic mass is 9.88. The number of hydrogen-bond acceptors (Lipinski definition) is 3. The Balaban J connectivity index is 1.66. The van der Waals surface area contributed by atoms with E-state index in [-0.39, 0.29) is 11.8 Å². The van der Waals surface area contributed by atoms with E-state index in [1.54, 1.807) is 0 Å². The predicted molar refractivity (Wildman–Crippen MR) is 85.6 cm³/mol. The second-order valence-electron chi connectivity index (χ2n) is 6.32. The minimum atomic E-state index is 0.175. The van der Waals surface area contributed by atoms with Gasteiger partial charge in [-0.15, -0.1) is 0 Å². The van der Waals surface area contributed by atoms with Gasteiger partial charge in [0, 0.05) is 19.0 Å². The van der Waals surface area contributed by atoms with Crippen molar-refractivity contribution in [2.45, 2.75) is 51.9 Å². The van der Waals surface area contributed by atoms with E-state index < -0.39 is 0 Å². The third-order valence-electron chi connectivity index (χ3n) is 4.74. The van der Waals surface area contributed by atoms with Crippen LogP contribution in [0.1, 0.15) is 50.6 Å². The highest BCUT2D eigenvalue weighted by Crippen LogP contribution is 2.26. The topological polar surface area (TPSA) is 45.2 Å². The van der Waals surface area contributed by atoms with Gasteiger partial charge in [-0.3, -0.25) is 4.79 Å². The highest BCUT2D eigenvalue weighted by Gasteiger charge is 2.22. The molecule has 1 aromatic rings. The summed E-state index contributed by atoms with van der Waals surface area (Å²) in [6.45, 7) is 4.18. The number of pyridine rings is 1. The maximum absolute atomic E-state index is 12.3. The van der Waals surface area contributed by atoms with Crippen molar-refractivity contribution < 1.29 is 4.79 Å². The summed E-state index contributed by atoms with van der Waals surface area (Å²) in [5.41, 5.74) is 1.79. The molecule has 0 unspecified atom stereocenters. The largest absolute Gasteiger partial charge is 0.357 e. The summed E-state index contributed by atoms with van der Waals surface area (Å²) >= 11 is 0. The number of aryl methyl sites for hydroxylation is 1. The zero-order valence-corrected chi connectivity index (χ0v) is 12.9. The average molecular weight is 287 g/mol. The smallest absolute Gasteiger partial charge is 0.227 e. The third-order valence-corrected chi connectivity index (χ3v) is 4.74. The van der Waals surface area contributed by atoms with Gasteiger partial charge < -0.3 is 10.2 Å². The van der Waals surface area contributed by atoms with Crippen LogP contribution in [-0.2, 0) is 4.79 Å². The van der Waals surface area contributed by atoms with Crippen LogP contribution < -0.4 is 10.2 Å². The zero-order valence-electron chi connectivity index (χ0n) is 12.9. The first-order valence-electron chi connectivity index (χ1n) is 8.27. The van der Waals surface area contributed by atoms with Crippen molar-refractivity contribution in [3.8, 4) is 0 Å². The lowest BCUT2D eigenvalue weighted by Crippen LogP contribution is -2.25. The molecule has 1 aliphatic carbocycles. The van der Waals surface area contributed by atoms with E-state index in [9.17, 15) is 4.79 Å². The SMILES string of the molecule is Cc1nc(N2CCCC2)ccc1NC(=O)C1CCCCC1. The Morgan fingerprint density at radius 1 is 1.14 bits per heavy atom. The molecular formula is C17H25N3O. The van der Waals surface area contributed by atoms with E-state index in [4.69, 9.17) is 0 Å². The maximum atomic E-state index is 12.3. The fourth-order valence-corrected chi connectivity index (χ4v) is 3.40. The quantitative estimate of drug-likeness (QED) is 0.925. The van der Waals surface area contributed by atoms with Gasteiger partial charge in [-0.05, 0) is 44.7 Å². The van der Waals surface area contributed by atoms with Crippen LogP contribution in [0.5, 0.6) is 0 Å². The van der Waals surface area contributed by atoms with E-state index >= 15 is 0 Å². The predicted octanol–water partition coefficient (Wildman–Crippen LogP) is 3.51. The molecule has 1 saturated heterocycles. The summed E-state index contributed by atoms with van der Waals surface area (Å²) in [6, 6.07) is 4.05. The van der Waals surface area contributed by atoms with Gasteiger partial charge in [0.15, 0.2) is 0 Å². The molecule has 1 saturated carbocycles. The van der Waals surface area contributed by atoms with Gasteiger partial charge in [-0.1, -0.05) is 19.3 Å². The zero-order chi connectivity index (χ0) is 14.7. The fraction of sp³-hybridized carbons (Fsp3) is 0.647. The van der Waals surface area contributed by atoms with Crippen LogP contribution in [0.4, 0.5) is 11.5 Å². The standard InChI is InChI=1S/C17H25N3O/c1-13-15(19-17(21)14-7-3-2-4-8-14)9-10-16(18-13)20-11-5-6-12-20/h9-10,14H,2-8,11-12H2,1H3,(H,19,21). The molecule has 1 N–H and O–H groups in total. The minimum absolute atomic E-state index is 0.175. The number of carbonyl (C=O) groups is 1. The molecule has 1 aliphatic heterocycles. The number of rotatable bonds is 3. The summed E-state index contributed by atoms with van der Waals surface area (Å²) in [5.74, 6) is 1.41. The van der Waals surface area contributed by atoms with Crippen molar-refractivity contribution in [2.75, 3.05) is 23.3 Å². The summed E-state index contributed by atoms with van der Waals surface area (Å²) in [5, 5.41) is 3.08. The van der Waals surface area contributed by atoms with E-state index in [0.29, 0.717) is 0 Å². The van der Waals surface area contributed by atoms with Crippen molar-refractivity contribution in [3.05, 3.63) is 17.8 Å². The van der Waals surface area contributed by atoms with Crippen LogP contribution in [0.3, 0.4) is 0 Å². The Kier molecular flexibility index (Phi) is 4.42. The number of nitrogens with zero attached hydrogens (tertiary/aromatic N) is 2. The second kappa shape index (κ2) is 6.46. The van der Waals surface area contributed by atoms with Gasteiger partial charge in [-0.2, -0.15) is 0 Å². The molecule has 0 spiro atoms. The number of carbonyl (C=O) groups excluding carboxylic acids is 1. The van der Waals surface area contributed by atoms with Crippen molar-refractivity contribution in [1.29, 1.82) is 0 Å². The van der Waals surface area contributed by atoms with E-state index in [2.05, 4.69) is 15.2 Å². The van der Waals surface area contributed by atoms with Crippen molar-refractivity contribution in [3.63, 3.8) is 0 Å². The molecule has 114 valence electrons. The highest BCUT2D eigenvalue weighted by atomic mass is 16.1. The third kappa shape index (κ3) is 3.36. The normalized spacial score (nSPS) is 19.8. The number of anilines is 2. The molecule has 2 aliphatic rings. The molecule has 0 atom stereocenters. The Morgan fingerprint density at radius 3 is 2.52 bits per heavy atom. The number of amides is 1. The van der Waals surface area contributed by atoms with Gasteiger partial charge in [0.05, 0.1) is 11.4 Å². The van der Waals surface area contributed by atoms with Crippen LogP contribution in [-0.4, -0.2) is 24.0 Å². The van der Waals surface area contributed by atoms with Crippen molar-refractivity contribution >= 4 is 17.4 Å². The molecule has 0 aromatic carbocycles. The molecule has 1 aromatic heterocycles. The first-order chi connectivity index (χ1) is 10.2. The Bertz CT molecular complexity index is 503. The number of hydrogen-bond donors (Lipinski definition) is 1. The molecule has 2 heterocycles. The van der Waals surface area contributed by atoms with Gasteiger partial charge >= 0.3 is 0 Å². The maximum Gasteiger partial charge on any atom is 0.227 e. The molecule has 0 radical (unpaired) electrons. The van der Waals surface area contributed by atoms with E-state index in [1.807, 2.05) is 19.1 Å². The lowest BCUT2D eigenvalue weighted by molar-refractivity contribution is -0.120. The van der Waals surface area contributed by atoms with E-state index in [0.717, 1.165) is 43.1 Å². The van der Waals surface area contributed by atoms with Crippen molar-refractivity contribution in [1.82, 2.24) is 4.98 Å². The number of nitrogens with one attached hydrogen (secondary N) is 1. The van der Waals surface area contributed by atoms with Gasteiger partial charge in [0.1, 0.15) is 5.82 Å². The molecule has 4 nitrogen and oxygen atoms in total. The monoisotopic (exact) mass is 287 g/mol. The van der Waals surface area contributed by atoms with Crippen LogP contribution in [0.15, 0.2) is 12.1 Å². The molecule has 0 bridgehead atoms. The Morgan fingerprint density at radius 2 is 1.86 bits per heavy atom. The average Bonchev–Trinajstić information content (AvgIpc) is 3.04. The van der Waals surface area contributed by atoms with Gasteiger partial charge in [0.25, 0.3) is 0 Å². The first kappa shape index (κ1) is 14.4. The fourth-order valence-electron chi connectivity index (χ4n) is 3.40. The summed E-state index contributed by atoms with van der Waals surface area (Å²) in [6.07, 6.45) is 8.21. The van der Waals surface area contributed by atoms with E-state index in [1.165, 1.54) is 32.1 Å². The second-order valence-corrected chi connectivity index (χ2v) is 6.32. The summed E-state index contributed by atoms with van der Waals surface area (Å²) in [4.78, 5) is 19.3. The Hall–Kier alpha value is -1.58. The molecule has 3 rings (SSSR count). The number of aromatic nitrogens is 1.